The highest BCUT2D eigenvalue weighted by Gasteiger charge is 2.42. The van der Waals surface area contributed by atoms with Gasteiger partial charge < -0.3 is 9.88 Å². The molecule has 1 saturated carbocycles. The van der Waals surface area contributed by atoms with E-state index in [1.165, 1.54) is 17.3 Å². The van der Waals surface area contributed by atoms with E-state index in [9.17, 15) is 4.79 Å². The largest absolute Gasteiger partial charge is 0.325 e. The standard InChI is InChI=1S/C20H18Cl2N4OS/c1-26-19(17-10-16(17)12-5-3-2-4-6-12)24-25-20(26)28-11-18(27)23-15-8-13(21)7-14(22)9-15/h2-9,16-17H,10-11H2,1H3,(H,23,27). The maximum Gasteiger partial charge on any atom is 0.234 e. The molecule has 144 valence electrons. The maximum atomic E-state index is 12.2. The summed E-state index contributed by atoms with van der Waals surface area (Å²) in [6.45, 7) is 0. The van der Waals surface area contributed by atoms with Gasteiger partial charge in [-0.25, -0.2) is 0 Å². The fourth-order valence-electron chi connectivity index (χ4n) is 3.28. The van der Waals surface area contributed by atoms with Crippen molar-refractivity contribution in [1.82, 2.24) is 14.8 Å². The van der Waals surface area contributed by atoms with E-state index in [-0.39, 0.29) is 11.7 Å². The van der Waals surface area contributed by atoms with E-state index in [4.69, 9.17) is 23.2 Å². The van der Waals surface area contributed by atoms with Gasteiger partial charge in [0.25, 0.3) is 0 Å². The minimum Gasteiger partial charge on any atom is -0.325 e. The SMILES string of the molecule is Cn1c(SCC(=O)Nc2cc(Cl)cc(Cl)c2)nnc1C1CC1c1ccccc1. The lowest BCUT2D eigenvalue weighted by Crippen LogP contribution is -2.14. The summed E-state index contributed by atoms with van der Waals surface area (Å²) in [5, 5.41) is 13.1. The highest BCUT2D eigenvalue weighted by Crippen LogP contribution is 2.54. The quantitative estimate of drug-likeness (QED) is 0.548. The second-order valence-corrected chi connectivity index (χ2v) is 8.57. The van der Waals surface area contributed by atoms with Gasteiger partial charge in [-0.15, -0.1) is 10.2 Å². The molecule has 0 spiro atoms. The van der Waals surface area contributed by atoms with E-state index in [2.05, 4.69) is 39.8 Å². The molecule has 0 radical (unpaired) electrons. The lowest BCUT2D eigenvalue weighted by Gasteiger charge is -2.07. The molecule has 1 aromatic heterocycles. The van der Waals surface area contributed by atoms with Crippen molar-refractivity contribution in [3.05, 3.63) is 70.0 Å². The van der Waals surface area contributed by atoms with E-state index >= 15 is 0 Å². The monoisotopic (exact) mass is 432 g/mol. The third kappa shape index (κ3) is 4.35. The molecule has 3 aromatic rings. The molecule has 28 heavy (non-hydrogen) atoms. The molecule has 1 aliphatic rings. The van der Waals surface area contributed by atoms with Gasteiger partial charge in [-0.1, -0.05) is 65.3 Å². The minimum absolute atomic E-state index is 0.151. The van der Waals surface area contributed by atoms with Crippen molar-refractivity contribution in [3.63, 3.8) is 0 Å². The van der Waals surface area contributed by atoms with Gasteiger partial charge in [-0.2, -0.15) is 0 Å². The zero-order valence-electron chi connectivity index (χ0n) is 15.1. The number of anilines is 1. The number of hydrogen-bond donors (Lipinski definition) is 1. The number of benzene rings is 2. The number of thioether (sulfide) groups is 1. The van der Waals surface area contributed by atoms with Crippen molar-refractivity contribution in [3.8, 4) is 0 Å². The van der Waals surface area contributed by atoms with Crippen molar-refractivity contribution < 1.29 is 4.79 Å². The van der Waals surface area contributed by atoms with Crippen LogP contribution in [0.2, 0.25) is 10.0 Å². The Bertz CT molecular complexity index is 988. The molecular formula is C20H18Cl2N4OS. The molecule has 0 saturated heterocycles. The van der Waals surface area contributed by atoms with Gasteiger partial charge >= 0.3 is 0 Å². The highest BCUT2D eigenvalue weighted by atomic mass is 35.5. The molecule has 1 N–H and O–H groups in total. The van der Waals surface area contributed by atoms with Crippen molar-refractivity contribution >= 4 is 46.6 Å². The summed E-state index contributed by atoms with van der Waals surface area (Å²) in [4.78, 5) is 12.2. The average Bonchev–Trinajstić information content (AvgIpc) is 3.36. The van der Waals surface area contributed by atoms with Gasteiger partial charge in [0.2, 0.25) is 5.91 Å². The van der Waals surface area contributed by atoms with Gasteiger partial charge in [-0.3, -0.25) is 4.79 Å². The van der Waals surface area contributed by atoms with Crippen LogP contribution in [-0.4, -0.2) is 26.4 Å². The molecule has 1 fully saturated rings. The summed E-state index contributed by atoms with van der Waals surface area (Å²) < 4.78 is 1.99. The van der Waals surface area contributed by atoms with Crippen LogP contribution in [0, 0.1) is 0 Å². The van der Waals surface area contributed by atoms with Crippen LogP contribution in [0.5, 0.6) is 0 Å². The molecule has 0 aliphatic heterocycles. The summed E-state index contributed by atoms with van der Waals surface area (Å²) in [6.07, 6.45) is 1.08. The summed E-state index contributed by atoms with van der Waals surface area (Å²) in [5.74, 6) is 1.93. The zero-order valence-corrected chi connectivity index (χ0v) is 17.4. The first-order valence-corrected chi connectivity index (χ1v) is 10.6. The predicted octanol–water partition coefficient (Wildman–Crippen LogP) is 5.12. The van der Waals surface area contributed by atoms with Crippen LogP contribution in [0.4, 0.5) is 5.69 Å². The number of rotatable bonds is 6. The number of aromatic nitrogens is 3. The molecule has 2 atom stereocenters. The number of nitrogens with one attached hydrogen (secondary N) is 1. The van der Waals surface area contributed by atoms with Gasteiger partial charge in [0.15, 0.2) is 5.16 Å². The average molecular weight is 433 g/mol. The van der Waals surface area contributed by atoms with E-state index in [0.29, 0.717) is 27.6 Å². The Morgan fingerprint density at radius 1 is 1.14 bits per heavy atom. The van der Waals surface area contributed by atoms with Crippen LogP contribution < -0.4 is 5.32 Å². The van der Waals surface area contributed by atoms with Crippen LogP contribution in [0.3, 0.4) is 0 Å². The molecule has 1 amide bonds. The number of carbonyl (C=O) groups is 1. The Hall–Kier alpha value is -2.02. The Morgan fingerprint density at radius 2 is 1.86 bits per heavy atom. The zero-order chi connectivity index (χ0) is 19.7. The second kappa shape index (κ2) is 8.15. The van der Waals surface area contributed by atoms with Gasteiger partial charge in [0, 0.05) is 28.7 Å². The fraction of sp³-hybridized carbons (Fsp3) is 0.250. The van der Waals surface area contributed by atoms with Crippen LogP contribution in [0.1, 0.15) is 29.6 Å². The molecule has 4 rings (SSSR count). The van der Waals surface area contributed by atoms with Crippen molar-refractivity contribution in [2.75, 3.05) is 11.1 Å². The lowest BCUT2D eigenvalue weighted by atomic mass is 10.1. The number of nitrogens with zero attached hydrogens (tertiary/aromatic N) is 3. The van der Waals surface area contributed by atoms with E-state index < -0.39 is 0 Å². The van der Waals surface area contributed by atoms with E-state index in [1.54, 1.807) is 18.2 Å². The van der Waals surface area contributed by atoms with Gasteiger partial charge in [-0.05, 0) is 36.1 Å². The maximum absolute atomic E-state index is 12.2. The topological polar surface area (TPSA) is 59.8 Å². The Kier molecular flexibility index (Phi) is 5.62. The smallest absolute Gasteiger partial charge is 0.234 e. The number of amides is 1. The molecule has 0 bridgehead atoms. The Morgan fingerprint density at radius 3 is 2.57 bits per heavy atom. The normalized spacial score (nSPS) is 18.1. The minimum atomic E-state index is -0.151. The molecule has 2 unspecified atom stereocenters. The molecular weight excluding hydrogens is 415 g/mol. The third-order valence-corrected chi connectivity index (χ3v) is 6.15. The number of hydrogen-bond acceptors (Lipinski definition) is 4. The number of halogens is 2. The highest BCUT2D eigenvalue weighted by molar-refractivity contribution is 7.99. The summed E-state index contributed by atoms with van der Waals surface area (Å²) in [6, 6.07) is 15.4. The first kappa shape index (κ1) is 19.3. The molecule has 1 aliphatic carbocycles. The number of carbonyl (C=O) groups excluding carboxylic acids is 1. The molecule has 5 nitrogen and oxygen atoms in total. The van der Waals surface area contributed by atoms with Gasteiger partial charge in [0.05, 0.1) is 5.75 Å². The summed E-state index contributed by atoms with van der Waals surface area (Å²) >= 11 is 13.3. The first-order chi connectivity index (χ1) is 13.5. The summed E-state index contributed by atoms with van der Waals surface area (Å²) in [5.41, 5.74) is 1.91. The van der Waals surface area contributed by atoms with E-state index in [1.807, 2.05) is 17.7 Å². The Balaban J connectivity index is 1.35. The fourth-order valence-corrected chi connectivity index (χ4v) is 4.52. The van der Waals surface area contributed by atoms with E-state index in [0.717, 1.165) is 17.4 Å². The molecule has 1 heterocycles. The first-order valence-electron chi connectivity index (χ1n) is 8.84. The van der Waals surface area contributed by atoms with Crippen LogP contribution >= 0.6 is 35.0 Å². The van der Waals surface area contributed by atoms with Crippen LogP contribution in [0.25, 0.3) is 0 Å². The third-order valence-electron chi connectivity index (χ3n) is 4.70. The van der Waals surface area contributed by atoms with Crippen LogP contribution in [0.15, 0.2) is 53.7 Å². The van der Waals surface area contributed by atoms with Crippen molar-refractivity contribution in [2.24, 2.45) is 7.05 Å². The lowest BCUT2D eigenvalue weighted by molar-refractivity contribution is -0.113. The molecule has 2 aromatic carbocycles. The second-order valence-electron chi connectivity index (χ2n) is 6.75. The predicted molar refractivity (Wildman–Crippen MR) is 113 cm³/mol. The van der Waals surface area contributed by atoms with Crippen LogP contribution in [-0.2, 0) is 11.8 Å². The van der Waals surface area contributed by atoms with Gasteiger partial charge in [0.1, 0.15) is 5.82 Å². The summed E-state index contributed by atoms with van der Waals surface area (Å²) in [7, 11) is 1.95. The van der Waals surface area contributed by atoms with Crippen molar-refractivity contribution in [2.45, 2.75) is 23.4 Å². The van der Waals surface area contributed by atoms with Crippen molar-refractivity contribution in [1.29, 1.82) is 0 Å². The Labute approximate surface area is 177 Å². The molecule has 8 heteroatoms.